The summed E-state index contributed by atoms with van der Waals surface area (Å²) in [6, 6.07) is 8.22. The van der Waals surface area contributed by atoms with Crippen molar-refractivity contribution in [3.05, 3.63) is 40.4 Å². The Hall–Kier alpha value is -1.59. The van der Waals surface area contributed by atoms with Crippen molar-refractivity contribution < 1.29 is 5.11 Å². The van der Waals surface area contributed by atoms with E-state index in [0.717, 1.165) is 32.9 Å². The van der Waals surface area contributed by atoms with Crippen LogP contribution in [0.5, 0.6) is 0 Å². The molecular formula is C15H16BrN3O. The molecule has 4 nitrogen and oxygen atoms in total. The number of hydrogen-bond donors (Lipinski definition) is 2. The van der Waals surface area contributed by atoms with E-state index in [1.807, 2.05) is 23.7 Å². The second-order valence-electron chi connectivity index (χ2n) is 4.87. The molecule has 0 saturated carbocycles. The van der Waals surface area contributed by atoms with Crippen LogP contribution in [0.1, 0.15) is 11.5 Å². The van der Waals surface area contributed by atoms with Crippen LogP contribution in [0.2, 0.25) is 0 Å². The fourth-order valence-corrected chi connectivity index (χ4v) is 3.08. The predicted molar refractivity (Wildman–Crippen MR) is 83.7 cm³/mol. The largest absolute Gasteiger partial charge is 0.396 e. The standard InChI is InChI=1S/C15H16BrN3O/c1-9-13(10-5-3-4-6-11(10)17-9)14-15(16)19(2)12(18-14)7-8-20/h3-6,17,20H,7-8H2,1-2H3. The summed E-state index contributed by atoms with van der Waals surface area (Å²) in [5.74, 6) is 0.874. The zero-order valence-electron chi connectivity index (χ0n) is 11.4. The number of para-hydroxylation sites is 1. The molecule has 0 spiro atoms. The highest BCUT2D eigenvalue weighted by molar-refractivity contribution is 9.10. The molecule has 0 fully saturated rings. The summed E-state index contributed by atoms with van der Waals surface area (Å²) in [4.78, 5) is 8.08. The third-order valence-electron chi connectivity index (χ3n) is 3.58. The zero-order chi connectivity index (χ0) is 14.3. The molecule has 20 heavy (non-hydrogen) atoms. The lowest BCUT2D eigenvalue weighted by molar-refractivity contribution is 0.295. The smallest absolute Gasteiger partial charge is 0.112 e. The van der Waals surface area contributed by atoms with Gasteiger partial charge in [0.25, 0.3) is 0 Å². The fraction of sp³-hybridized carbons (Fsp3) is 0.267. The molecule has 104 valence electrons. The van der Waals surface area contributed by atoms with Gasteiger partial charge in [0.1, 0.15) is 16.1 Å². The van der Waals surface area contributed by atoms with Gasteiger partial charge in [-0.1, -0.05) is 18.2 Å². The van der Waals surface area contributed by atoms with Gasteiger partial charge < -0.3 is 14.7 Å². The highest BCUT2D eigenvalue weighted by Gasteiger charge is 2.19. The first kappa shape index (κ1) is 13.4. The fourth-order valence-electron chi connectivity index (χ4n) is 2.59. The first-order valence-electron chi connectivity index (χ1n) is 6.53. The topological polar surface area (TPSA) is 53.8 Å². The normalized spacial score (nSPS) is 11.4. The SMILES string of the molecule is Cc1[nH]c2ccccc2c1-c1nc(CCO)n(C)c1Br. The molecule has 0 saturated heterocycles. The van der Waals surface area contributed by atoms with Gasteiger partial charge in [-0.05, 0) is 28.9 Å². The van der Waals surface area contributed by atoms with Crippen LogP contribution < -0.4 is 0 Å². The molecule has 0 atom stereocenters. The molecule has 0 aliphatic carbocycles. The summed E-state index contributed by atoms with van der Waals surface area (Å²) in [7, 11) is 1.95. The van der Waals surface area contributed by atoms with Crippen LogP contribution in [0, 0.1) is 6.92 Å². The van der Waals surface area contributed by atoms with Gasteiger partial charge in [0.15, 0.2) is 0 Å². The first-order chi connectivity index (χ1) is 9.63. The summed E-state index contributed by atoms with van der Waals surface area (Å²) in [6.45, 7) is 2.16. The predicted octanol–water partition coefficient (Wildman–Crippen LogP) is 3.17. The number of rotatable bonds is 3. The van der Waals surface area contributed by atoms with Gasteiger partial charge in [0.05, 0.1) is 6.61 Å². The number of halogens is 1. The van der Waals surface area contributed by atoms with E-state index in [4.69, 9.17) is 5.11 Å². The quantitative estimate of drug-likeness (QED) is 0.773. The molecule has 2 N–H and O–H groups in total. The number of nitrogens with zero attached hydrogens (tertiary/aromatic N) is 2. The Morgan fingerprint density at radius 1 is 1.35 bits per heavy atom. The molecule has 0 bridgehead atoms. The molecule has 1 aromatic carbocycles. The summed E-state index contributed by atoms with van der Waals surface area (Å²) in [6.07, 6.45) is 0.552. The van der Waals surface area contributed by atoms with Crippen molar-refractivity contribution in [3.8, 4) is 11.3 Å². The highest BCUT2D eigenvalue weighted by Crippen LogP contribution is 2.36. The zero-order valence-corrected chi connectivity index (χ0v) is 13.0. The molecule has 3 rings (SSSR count). The molecule has 0 amide bonds. The minimum absolute atomic E-state index is 0.101. The molecule has 0 aliphatic rings. The number of aromatic amines is 1. The van der Waals surface area contributed by atoms with Crippen molar-refractivity contribution in [2.24, 2.45) is 7.05 Å². The lowest BCUT2D eigenvalue weighted by atomic mass is 10.1. The maximum Gasteiger partial charge on any atom is 0.112 e. The van der Waals surface area contributed by atoms with Crippen molar-refractivity contribution in [1.29, 1.82) is 0 Å². The van der Waals surface area contributed by atoms with E-state index < -0.39 is 0 Å². The van der Waals surface area contributed by atoms with Crippen LogP contribution in [0.4, 0.5) is 0 Å². The minimum atomic E-state index is 0.101. The number of nitrogens with one attached hydrogen (secondary N) is 1. The second kappa shape index (κ2) is 5.07. The lowest BCUT2D eigenvalue weighted by Crippen LogP contribution is -2.00. The van der Waals surface area contributed by atoms with Crippen molar-refractivity contribution in [2.45, 2.75) is 13.3 Å². The number of fused-ring (bicyclic) bond motifs is 1. The number of aromatic nitrogens is 3. The third-order valence-corrected chi connectivity index (χ3v) is 4.49. The van der Waals surface area contributed by atoms with E-state index in [-0.39, 0.29) is 6.61 Å². The van der Waals surface area contributed by atoms with E-state index in [1.54, 1.807) is 0 Å². The van der Waals surface area contributed by atoms with E-state index >= 15 is 0 Å². The number of aliphatic hydroxyl groups is 1. The van der Waals surface area contributed by atoms with E-state index in [2.05, 4.69) is 45.0 Å². The maximum absolute atomic E-state index is 9.13. The van der Waals surface area contributed by atoms with Crippen molar-refractivity contribution in [3.63, 3.8) is 0 Å². The number of H-pyrrole nitrogens is 1. The number of hydrogen-bond acceptors (Lipinski definition) is 2. The van der Waals surface area contributed by atoms with Crippen LogP contribution in [-0.2, 0) is 13.5 Å². The Morgan fingerprint density at radius 3 is 2.85 bits per heavy atom. The van der Waals surface area contributed by atoms with E-state index in [1.165, 1.54) is 5.39 Å². The number of aliphatic hydroxyl groups excluding tert-OH is 1. The Morgan fingerprint density at radius 2 is 2.10 bits per heavy atom. The summed E-state index contributed by atoms with van der Waals surface area (Å²) in [5, 5.41) is 10.3. The van der Waals surface area contributed by atoms with Crippen LogP contribution in [0.25, 0.3) is 22.2 Å². The second-order valence-corrected chi connectivity index (χ2v) is 5.62. The Balaban J connectivity index is 2.26. The van der Waals surface area contributed by atoms with Crippen LogP contribution in [-0.4, -0.2) is 26.2 Å². The summed E-state index contributed by atoms with van der Waals surface area (Å²) in [5.41, 5.74) is 4.25. The first-order valence-corrected chi connectivity index (χ1v) is 7.32. The Labute approximate surface area is 125 Å². The Kier molecular flexibility index (Phi) is 3.40. The van der Waals surface area contributed by atoms with Gasteiger partial charge in [0, 0.05) is 35.6 Å². The molecule has 0 radical (unpaired) electrons. The van der Waals surface area contributed by atoms with Crippen molar-refractivity contribution in [1.82, 2.24) is 14.5 Å². The van der Waals surface area contributed by atoms with Gasteiger partial charge in [-0.2, -0.15) is 0 Å². The molecule has 2 aromatic heterocycles. The summed E-state index contributed by atoms with van der Waals surface area (Å²) < 4.78 is 2.92. The average molecular weight is 334 g/mol. The maximum atomic E-state index is 9.13. The highest BCUT2D eigenvalue weighted by atomic mass is 79.9. The van der Waals surface area contributed by atoms with Crippen LogP contribution in [0.3, 0.4) is 0 Å². The molecule has 5 heteroatoms. The molecule has 0 unspecified atom stereocenters. The van der Waals surface area contributed by atoms with Gasteiger partial charge >= 0.3 is 0 Å². The van der Waals surface area contributed by atoms with Gasteiger partial charge in [-0.3, -0.25) is 0 Å². The number of imidazole rings is 1. The Bertz CT molecular complexity index is 773. The number of benzene rings is 1. The van der Waals surface area contributed by atoms with Crippen molar-refractivity contribution >= 4 is 26.8 Å². The van der Waals surface area contributed by atoms with Gasteiger partial charge in [-0.25, -0.2) is 4.98 Å². The summed E-state index contributed by atoms with van der Waals surface area (Å²) >= 11 is 3.62. The van der Waals surface area contributed by atoms with Gasteiger partial charge in [0.2, 0.25) is 0 Å². The van der Waals surface area contributed by atoms with Crippen LogP contribution >= 0.6 is 15.9 Å². The van der Waals surface area contributed by atoms with E-state index in [9.17, 15) is 0 Å². The van der Waals surface area contributed by atoms with Crippen molar-refractivity contribution in [2.75, 3.05) is 6.61 Å². The molecule has 2 heterocycles. The third kappa shape index (κ3) is 1.98. The molecule has 0 aliphatic heterocycles. The average Bonchev–Trinajstić information content (AvgIpc) is 2.90. The van der Waals surface area contributed by atoms with Crippen LogP contribution in [0.15, 0.2) is 28.9 Å². The number of aryl methyl sites for hydroxylation is 1. The lowest BCUT2D eigenvalue weighted by Gasteiger charge is -2.00. The monoisotopic (exact) mass is 333 g/mol. The van der Waals surface area contributed by atoms with E-state index in [0.29, 0.717) is 6.42 Å². The molecule has 3 aromatic rings. The minimum Gasteiger partial charge on any atom is -0.396 e. The molecular weight excluding hydrogens is 318 g/mol. The van der Waals surface area contributed by atoms with Gasteiger partial charge in [-0.15, -0.1) is 0 Å².